The monoisotopic (exact) mass is 201 g/mol. The lowest BCUT2D eigenvalue weighted by atomic mass is 10.3. The van der Waals surface area contributed by atoms with Crippen LogP contribution in [-0.4, -0.2) is 11.0 Å². The first kappa shape index (κ1) is 9.63. The minimum absolute atomic E-state index is 0.976. The van der Waals surface area contributed by atoms with Crippen LogP contribution in [0.1, 0.15) is 13.3 Å². The maximum Gasteiger partial charge on any atom is 0.0266 e. The van der Waals surface area contributed by atoms with Crippen molar-refractivity contribution in [1.82, 2.24) is 0 Å². The smallest absolute Gasteiger partial charge is 0.0266 e. The van der Waals surface area contributed by atoms with E-state index < -0.39 is 0 Å². The molecule has 56 valence electrons. The zero-order chi connectivity index (χ0) is 7.82. The van der Waals surface area contributed by atoms with Crippen molar-refractivity contribution in [1.29, 1.82) is 0 Å². The summed E-state index contributed by atoms with van der Waals surface area (Å²) in [5, 5.41) is 0.976. The van der Waals surface area contributed by atoms with Crippen LogP contribution in [0, 0.1) is 0 Å². The van der Waals surface area contributed by atoms with Crippen molar-refractivity contribution in [3.05, 3.63) is 24.9 Å². The second kappa shape index (κ2) is 6.75. The van der Waals surface area contributed by atoms with Crippen LogP contribution in [0.25, 0.3) is 0 Å². The second-order valence-corrected chi connectivity index (χ2v) is 2.67. The molecule has 0 aliphatic carbocycles. The van der Waals surface area contributed by atoms with Crippen molar-refractivity contribution in [2.75, 3.05) is 5.33 Å². The van der Waals surface area contributed by atoms with Gasteiger partial charge in [-0.3, -0.25) is 4.99 Å². The molecular weight excluding hydrogens is 190 g/mol. The Balaban J connectivity index is 3.67. The first-order chi connectivity index (χ1) is 4.81. The van der Waals surface area contributed by atoms with E-state index in [1.54, 1.807) is 12.3 Å². The molecule has 0 spiro atoms. The number of hydrogen-bond donors (Lipinski definition) is 0. The number of aliphatic imine (C=N–C) groups is 1. The number of allylic oxidation sites excluding steroid dienone is 2. The fourth-order valence-corrected chi connectivity index (χ4v) is 1.01. The summed E-state index contributed by atoms with van der Waals surface area (Å²) < 4.78 is 0. The standard InChI is InChI=1S/C8H12BrN/c1-3-4-7-10-8(2)5-6-9/h3-4,7H,1,5-6H2,2H3/b7-4-,10-8?. The highest BCUT2D eigenvalue weighted by Gasteiger charge is 1.84. The second-order valence-electron chi connectivity index (χ2n) is 1.88. The van der Waals surface area contributed by atoms with Gasteiger partial charge in [0.25, 0.3) is 0 Å². The zero-order valence-corrected chi connectivity index (χ0v) is 7.76. The molecular formula is C8H12BrN. The molecule has 0 N–H and O–H groups in total. The number of rotatable bonds is 4. The van der Waals surface area contributed by atoms with Gasteiger partial charge in [-0.05, 0) is 19.4 Å². The van der Waals surface area contributed by atoms with Crippen LogP contribution in [0.3, 0.4) is 0 Å². The lowest BCUT2D eigenvalue weighted by molar-refractivity contribution is 1.28. The van der Waals surface area contributed by atoms with Crippen LogP contribution in [0.5, 0.6) is 0 Å². The molecule has 0 rings (SSSR count). The van der Waals surface area contributed by atoms with E-state index in [9.17, 15) is 0 Å². The average Bonchev–Trinajstić information content (AvgIpc) is 1.89. The van der Waals surface area contributed by atoms with Gasteiger partial charge in [0.1, 0.15) is 0 Å². The summed E-state index contributed by atoms with van der Waals surface area (Å²) in [6.07, 6.45) is 6.29. The van der Waals surface area contributed by atoms with Gasteiger partial charge < -0.3 is 0 Å². The molecule has 0 aliphatic rings. The van der Waals surface area contributed by atoms with Gasteiger partial charge in [-0.1, -0.05) is 28.6 Å². The van der Waals surface area contributed by atoms with Gasteiger partial charge in [-0.2, -0.15) is 0 Å². The summed E-state index contributed by atoms with van der Waals surface area (Å²) in [5.74, 6) is 0. The Hall–Kier alpha value is -0.370. The van der Waals surface area contributed by atoms with Gasteiger partial charge in [0, 0.05) is 17.2 Å². The SMILES string of the molecule is C=C/C=C\N=C(C)CCBr. The summed E-state index contributed by atoms with van der Waals surface area (Å²) in [6.45, 7) is 5.55. The molecule has 0 atom stereocenters. The molecule has 1 nitrogen and oxygen atoms in total. The molecule has 0 unspecified atom stereocenters. The Kier molecular flexibility index (Phi) is 6.50. The number of nitrogens with zero attached hydrogens (tertiary/aromatic N) is 1. The average molecular weight is 202 g/mol. The third kappa shape index (κ3) is 5.76. The summed E-state index contributed by atoms with van der Waals surface area (Å²) in [5.41, 5.74) is 1.13. The Morgan fingerprint density at radius 1 is 1.70 bits per heavy atom. The van der Waals surface area contributed by atoms with Gasteiger partial charge in [0.15, 0.2) is 0 Å². The molecule has 0 radical (unpaired) electrons. The predicted molar refractivity (Wildman–Crippen MR) is 50.9 cm³/mol. The summed E-state index contributed by atoms with van der Waals surface area (Å²) in [6, 6.07) is 0. The summed E-state index contributed by atoms with van der Waals surface area (Å²) in [4.78, 5) is 4.14. The third-order valence-corrected chi connectivity index (χ3v) is 1.37. The van der Waals surface area contributed by atoms with E-state index >= 15 is 0 Å². The molecule has 10 heavy (non-hydrogen) atoms. The van der Waals surface area contributed by atoms with Crippen LogP contribution < -0.4 is 0 Å². The number of alkyl halides is 1. The Bertz CT molecular complexity index is 147. The van der Waals surface area contributed by atoms with Crippen molar-refractivity contribution >= 4 is 21.6 Å². The predicted octanol–water partition coefficient (Wildman–Crippen LogP) is 2.93. The number of hydrogen-bond acceptors (Lipinski definition) is 1. The van der Waals surface area contributed by atoms with E-state index in [1.807, 2.05) is 13.0 Å². The van der Waals surface area contributed by atoms with E-state index in [-0.39, 0.29) is 0 Å². The molecule has 0 bridgehead atoms. The first-order valence-corrected chi connectivity index (χ1v) is 4.30. The van der Waals surface area contributed by atoms with E-state index in [0.29, 0.717) is 0 Å². The van der Waals surface area contributed by atoms with Crippen LogP contribution in [0.15, 0.2) is 29.9 Å². The maximum atomic E-state index is 4.14. The van der Waals surface area contributed by atoms with E-state index in [4.69, 9.17) is 0 Å². The molecule has 0 aromatic carbocycles. The molecule has 0 heterocycles. The normalized spacial score (nSPS) is 12.4. The van der Waals surface area contributed by atoms with Crippen molar-refractivity contribution in [3.8, 4) is 0 Å². The fraction of sp³-hybridized carbons (Fsp3) is 0.375. The molecule has 0 saturated carbocycles. The van der Waals surface area contributed by atoms with Gasteiger partial charge in [0.2, 0.25) is 0 Å². The Labute approximate surface area is 70.7 Å². The van der Waals surface area contributed by atoms with Crippen molar-refractivity contribution in [3.63, 3.8) is 0 Å². The van der Waals surface area contributed by atoms with Crippen molar-refractivity contribution in [2.24, 2.45) is 4.99 Å². The lowest BCUT2D eigenvalue weighted by Gasteiger charge is -1.90. The largest absolute Gasteiger partial charge is 0.266 e. The van der Waals surface area contributed by atoms with Crippen LogP contribution in [0.4, 0.5) is 0 Å². The molecule has 0 fully saturated rings. The summed E-state index contributed by atoms with van der Waals surface area (Å²) >= 11 is 3.33. The molecule has 0 aliphatic heterocycles. The Morgan fingerprint density at radius 3 is 2.90 bits per heavy atom. The van der Waals surface area contributed by atoms with Crippen LogP contribution in [-0.2, 0) is 0 Å². The third-order valence-electron chi connectivity index (χ3n) is 0.973. The molecule has 0 amide bonds. The van der Waals surface area contributed by atoms with E-state index in [2.05, 4.69) is 27.5 Å². The molecule has 0 aromatic rings. The minimum atomic E-state index is 0.976. The van der Waals surface area contributed by atoms with E-state index in [0.717, 1.165) is 17.5 Å². The topological polar surface area (TPSA) is 12.4 Å². The first-order valence-electron chi connectivity index (χ1n) is 3.18. The number of halogens is 1. The van der Waals surface area contributed by atoms with Gasteiger partial charge in [-0.25, -0.2) is 0 Å². The molecule has 0 aromatic heterocycles. The van der Waals surface area contributed by atoms with Gasteiger partial charge in [-0.15, -0.1) is 0 Å². The Morgan fingerprint density at radius 2 is 2.40 bits per heavy atom. The van der Waals surface area contributed by atoms with Crippen molar-refractivity contribution < 1.29 is 0 Å². The van der Waals surface area contributed by atoms with Crippen LogP contribution >= 0.6 is 15.9 Å². The maximum absolute atomic E-state index is 4.14. The highest BCUT2D eigenvalue weighted by Crippen LogP contribution is 1.91. The van der Waals surface area contributed by atoms with Crippen molar-refractivity contribution in [2.45, 2.75) is 13.3 Å². The highest BCUT2D eigenvalue weighted by atomic mass is 79.9. The summed E-state index contributed by atoms with van der Waals surface area (Å²) in [7, 11) is 0. The fourth-order valence-electron chi connectivity index (χ4n) is 0.432. The van der Waals surface area contributed by atoms with Gasteiger partial charge >= 0.3 is 0 Å². The quantitative estimate of drug-likeness (QED) is 0.377. The van der Waals surface area contributed by atoms with Crippen LogP contribution in [0.2, 0.25) is 0 Å². The lowest BCUT2D eigenvalue weighted by Crippen LogP contribution is -1.89. The van der Waals surface area contributed by atoms with Gasteiger partial charge in [0.05, 0.1) is 0 Å². The molecule has 2 heteroatoms. The minimum Gasteiger partial charge on any atom is -0.266 e. The molecule has 0 saturated heterocycles. The highest BCUT2D eigenvalue weighted by molar-refractivity contribution is 9.09. The zero-order valence-electron chi connectivity index (χ0n) is 6.18. The van der Waals surface area contributed by atoms with E-state index in [1.165, 1.54) is 0 Å².